The lowest BCUT2D eigenvalue weighted by molar-refractivity contribution is -0.141. The number of carbonyl (C=O) groups excluding carboxylic acids is 1. The molecule has 0 bridgehead atoms. The minimum atomic E-state index is -1.02. The van der Waals surface area contributed by atoms with E-state index in [1.54, 1.807) is 24.5 Å². The van der Waals surface area contributed by atoms with Crippen molar-refractivity contribution in [3.05, 3.63) is 71.0 Å². The van der Waals surface area contributed by atoms with Gasteiger partial charge in [-0.3, -0.25) is 19.6 Å². The van der Waals surface area contributed by atoms with Gasteiger partial charge in [0, 0.05) is 30.3 Å². The minimum absolute atomic E-state index is 0.119. The molecule has 1 atom stereocenters. The molecule has 3 aromatic rings. The zero-order valence-electron chi connectivity index (χ0n) is 15.3. The van der Waals surface area contributed by atoms with Crippen LogP contribution in [0.15, 0.2) is 60.0 Å². The Bertz CT molecular complexity index is 1130. The second kappa shape index (κ2) is 7.97. The minimum Gasteiger partial charge on any atom is -0.481 e. The fraction of sp³-hybridized carbons (Fsp3) is 0.190. The number of amides is 1. The first-order valence-electron chi connectivity index (χ1n) is 9.09. The number of carboxylic acids is 1. The molecule has 7 nitrogen and oxygen atoms in total. The van der Waals surface area contributed by atoms with Gasteiger partial charge in [0.05, 0.1) is 29.2 Å². The average molecular weight is 409 g/mol. The number of hydrazone groups is 1. The van der Waals surface area contributed by atoms with E-state index in [1.165, 1.54) is 5.01 Å². The molecule has 4 rings (SSSR count). The Morgan fingerprint density at radius 3 is 2.62 bits per heavy atom. The van der Waals surface area contributed by atoms with E-state index in [4.69, 9.17) is 16.7 Å². The standard InChI is InChI=1S/C21H17ClN4O3/c22-15-3-1-2-13(10-15)17-12-19(26(25-17)20(27)6-7-21(28)29)14-4-5-16-18(11-14)24-9-8-23-16/h1-5,8-11,19H,6-7,12H2,(H,28,29)/t19-/m1/s1. The summed E-state index contributed by atoms with van der Waals surface area (Å²) in [7, 11) is 0. The number of aromatic nitrogens is 2. The van der Waals surface area contributed by atoms with Crippen LogP contribution in [0.4, 0.5) is 0 Å². The van der Waals surface area contributed by atoms with Crippen molar-refractivity contribution >= 4 is 40.2 Å². The Morgan fingerprint density at radius 1 is 1.07 bits per heavy atom. The van der Waals surface area contributed by atoms with Crippen molar-refractivity contribution in [2.24, 2.45) is 5.10 Å². The molecule has 0 radical (unpaired) electrons. The summed E-state index contributed by atoms with van der Waals surface area (Å²) in [5.41, 5.74) is 3.90. The van der Waals surface area contributed by atoms with E-state index in [-0.39, 0.29) is 24.8 Å². The average Bonchev–Trinajstić information content (AvgIpc) is 3.17. The molecule has 146 valence electrons. The van der Waals surface area contributed by atoms with Crippen LogP contribution in [0.3, 0.4) is 0 Å². The van der Waals surface area contributed by atoms with Gasteiger partial charge in [0.2, 0.25) is 5.91 Å². The van der Waals surface area contributed by atoms with Crippen LogP contribution in [0.5, 0.6) is 0 Å². The summed E-state index contributed by atoms with van der Waals surface area (Å²) in [5.74, 6) is -1.36. The highest BCUT2D eigenvalue weighted by atomic mass is 35.5. The van der Waals surface area contributed by atoms with Crippen molar-refractivity contribution in [2.45, 2.75) is 25.3 Å². The molecule has 0 saturated heterocycles. The van der Waals surface area contributed by atoms with Crippen LogP contribution in [0.25, 0.3) is 11.0 Å². The number of hydrogen-bond acceptors (Lipinski definition) is 5. The van der Waals surface area contributed by atoms with Crippen LogP contribution in [0, 0.1) is 0 Å². The van der Waals surface area contributed by atoms with Crippen LogP contribution >= 0.6 is 11.6 Å². The maximum atomic E-state index is 12.7. The summed E-state index contributed by atoms with van der Waals surface area (Å²) < 4.78 is 0. The van der Waals surface area contributed by atoms with Crippen molar-refractivity contribution in [3.8, 4) is 0 Å². The number of carbonyl (C=O) groups is 2. The Kier molecular flexibility index (Phi) is 5.22. The number of hydrogen-bond donors (Lipinski definition) is 1. The van der Waals surface area contributed by atoms with Gasteiger partial charge in [0.25, 0.3) is 0 Å². The van der Waals surface area contributed by atoms with Gasteiger partial charge >= 0.3 is 5.97 Å². The number of carboxylic acid groups (broad SMARTS) is 1. The second-order valence-corrected chi connectivity index (χ2v) is 7.15. The summed E-state index contributed by atoms with van der Waals surface area (Å²) in [6.45, 7) is 0. The van der Waals surface area contributed by atoms with E-state index in [2.05, 4.69) is 15.1 Å². The molecule has 2 aromatic carbocycles. The van der Waals surface area contributed by atoms with E-state index in [0.717, 1.165) is 27.9 Å². The van der Waals surface area contributed by atoms with E-state index in [9.17, 15) is 9.59 Å². The maximum absolute atomic E-state index is 12.7. The monoisotopic (exact) mass is 408 g/mol. The zero-order valence-corrected chi connectivity index (χ0v) is 16.1. The first-order chi connectivity index (χ1) is 14.0. The fourth-order valence-corrected chi connectivity index (χ4v) is 3.55. The molecule has 1 aromatic heterocycles. The largest absolute Gasteiger partial charge is 0.481 e. The maximum Gasteiger partial charge on any atom is 0.303 e. The fourth-order valence-electron chi connectivity index (χ4n) is 3.36. The topological polar surface area (TPSA) is 95.8 Å². The van der Waals surface area contributed by atoms with Crippen molar-refractivity contribution in [2.75, 3.05) is 0 Å². The van der Waals surface area contributed by atoms with Crippen molar-refractivity contribution in [1.29, 1.82) is 0 Å². The van der Waals surface area contributed by atoms with Crippen LogP contribution in [-0.4, -0.2) is 37.7 Å². The second-order valence-electron chi connectivity index (χ2n) is 6.71. The van der Waals surface area contributed by atoms with E-state index in [1.807, 2.05) is 30.3 Å². The Balaban J connectivity index is 1.70. The predicted octanol–water partition coefficient (Wildman–Crippen LogP) is 3.83. The molecule has 0 aliphatic carbocycles. The van der Waals surface area contributed by atoms with Crippen molar-refractivity contribution in [3.63, 3.8) is 0 Å². The number of halogens is 1. The SMILES string of the molecule is O=C(O)CCC(=O)N1N=C(c2cccc(Cl)c2)C[C@@H]1c1ccc2nccnc2c1. The Hall–Kier alpha value is -3.32. The first kappa shape index (κ1) is 19.0. The summed E-state index contributed by atoms with van der Waals surface area (Å²) in [5, 5.41) is 15.4. The zero-order chi connectivity index (χ0) is 20.4. The van der Waals surface area contributed by atoms with Gasteiger partial charge in [-0.15, -0.1) is 0 Å². The molecular weight excluding hydrogens is 392 g/mol. The molecule has 0 spiro atoms. The number of aliphatic carboxylic acids is 1. The van der Waals surface area contributed by atoms with E-state index < -0.39 is 5.97 Å². The van der Waals surface area contributed by atoms with Gasteiger partial charge in [0.1, 0.15) is 0 Å². The van der Waals surface area contributed by atoms with Crippen LogP contribution in [0.1, 0.15) is 36.4 Å². The molecule has 2 heterocycles. The molecule has 1 N–H and O–H groups in total. The number of rotatable bonds is 5. The third-order valence-electron chi connectivity index (χ3n) is 4.75. The normalized spacial score (nSPS) is 16.1. The molecule has 0 saturated carbocycles. The van der Waals surface area contributed by atoms with E-state index in [0.29, 0.717) is 11.4 Å². The Morgan fingerprint density at radius 2 is 1.86 bits per heavy atom. The first-order valence-corrected chi connectivity index (χ1v) is 9.47. The quantitative estimate of drug-likeness (QED) is 0.692. The van der Waals surface area contributed by atoms with Crippen LogP contribution in [-0.2, 0) is 9.59 Å². The highest BCUT2D eigenvalue weighted by Gasteiger charge is 2.33. The molecule has 0 fully saturated rings. The molecule has 29 heavy (non-hydrogen) atoms. The summed E-state index contributed by atoms with van der Waals surface area (Å²) in [6, 6.07) is 12.6. The summed E-state index contributed by atoms with van der Waals surface area (Å²) in [4.78, 5) is 32.3. The van der Waals surface area contributed by atoms with Crippen LogP contribution in [0.2, 0.25) is 5.02 Å². The number of nitrogens with zero attached hydrogens (tertiary/aromatic N) is 4. The molecular formula is C21H17ClN4O3. The third kappa shape index (κ3) is 4.09. The van der Waals surface area contributed by atoms with Gasteiger partial charge in [-0.2, -0.15) is 5.10 Å². The Labute approximate surface area is 171 Å². The third-order valence-corrected chi connectivity index (χ3v) is 4.99. The van der Waals surface area contributed by atoms with E-state index >= 15 is 0 Å². The molecule has 0 unspecified atom stereocenters. The van der Waals surface area contributed by atoms with Crippen molar-refractivity contribution < 1.29 is 14.7 Å². The lowest BCUT2D eigenvalue weighted by Gasteiger charge is -2.22. The van der Waals surface area contributed by atoms with Crippen LogP contribution < -0.4 is 0 Å². The van der Waals surface area contributed by atoms with Gasteiger partial charge in [-0.25, -0.2) is 5.01 Å². The van der Waals surface area contributed by atoms with Crippen molar-refractivity contribution in [1.82, 2.24) is 15.0 Å². The number of fused-ring (bicyclic) bond motifs is 1. The van der Waals surface area contributed by atoms with Gasteiger partial charge in [-0.1, -0.05) is 29.8 Å². The smallest absolute Gasteiger partial charge is 0.303 e. The van der Waals surface area contributed by atoms with Gasteiger partial charge < -0.3 is 5.11 Å². The molecule has 1 aliphatic heterocycles. The summed E-state index contributed by atoms with van der Waals surface area (Å²) in [6.07, 6.45) is 3.37. The van der Waals surface area contributed by atoms with Gasteiger partial charge in [-0.05, 0) is 35.4 Å². The highest BCUT2D eigenvalue weighted by molar-refractivity contribution is 6.31. The summed E-state index contributed by atoms with van der Waals surface area (Å²) >= 11 is 6.11. The number of benzene rings is 2. The lowest BCUT2D eigenvalue weighted by atomic mass is 9.98. The molecule has 1 amide bonds. The lowest BCUT2D eigenvalue weighted by Crippen LogP contribution is -2.27. The predicted molar refractivity (Wildman–Crippen MR) is 109 cm³/mol. The highest BCUT2D eigenvalue weighted by Crippen LogP contribution is 2.34. The molecule has 8 heteroatoms. The molecule has 1 aliphatic rings. The van der Waals surface area contributed by atoms with Gasteiger partial charge in [0.15, 0.2) is 0 Å².